The maximum Gasteiger partial charge on any atom is 0.185 e. The van der Waals surface area contributed by atoms with Crippen LogP contribution in [0.15, 0.2) is 47.1 Å². The minimum absolute atomic E-state index is 0.0245. The van der Waals surface area contributed by atoms with Crippen LogP contribution in [0.4, 0.5) is 0 Å². The van der Waals surface area contributed by atoms with Crippen molar-refractivity contribution in [2.75, 3.05) is 7.11 Å². The molecule has 1 aliphatic rings. The van der Waals surface area contributed by atoms with E-state index < -0.39 is 0 Å². The summed E-state index contributed by atoms with van der Waals surface area (Å²) in [5.74, 6) is 1.73. The number of benzene rings is 1. The first-order valence-electron chi connectivity index (χ1n) is 10.1. The highest BCUT2D eigenvalue weighted by Crippen LogP contribution is 2.36. The van der Waals surface area contributed by atoms with Gasteiger partial charge in [0.05, 0.1) is 30.3 Å². The molecule has 0 saturated carbocycles. The Morgan fingerprint density at radius 1 is 1.13 bits per heavy atom. The molecule has 3 aromatic heterocycles. The molecule has 0 spiro atoms. The van der Waals surface area contributed by atoms with Gasteiger partial charge in [-0.15, -0.1) is 10.2 Å². The van der Waals surface area contributed by atoms with Crippen molar-refractivity contribution < 1.29 is 13.9 Å². The molecule has 0 amide bonds. The number of carbonyl (C=O) groups excluding carboxylic acids is 1. The van der Waals surface area contributed by atoms with Crippen molar-refractivity contribution in [2.24, 2.45) is 0 Å². The molecule has 0 saturated heterocycles. The lowest BCUT2D eigenvalue weighted by Gasteiger charge is -2.21. The lowest BCUT2D eigenvalue weighted by molar-refractivity contribution is 0.0951. The van der Waals surface area contributed by atoms with Crippen LogP contribution in [-0.4, -0.2) is 32.7 Å². The minimum Gasteiger partial charge on any atom is -0.497 e. The van der Waals surface area contributed by atoms with E-state index in [1.165, 1.54) is 0 Å². The highest BCUT2D eigenvalue weighted by atomic mass is 16.5. The van der Waals surface area contributed by atoms with Crippen molar-refractivity contribution in [1.29, 1.82) is 0 Å². The summed E-state index contributed by atoms with van der Waals surface area (Å²) in [4.78, 5) is 12.8. The number of fused-ring (bicyclic) bond motifs is 3. The molecule has 152 valence electrons. The van der Waals surface area contributed by atoms with Crippen molar-refractivity contribution >= 4 is 11.4 Å². The Hall–Kier alpha value is -3.48. The molecule has 5 rings (SSSR count). The monoisotopic (exact) mass is 402 g/mol. The predicted octanol–water partition coefficient (Wildman–Crippen LogP) is 4.43. The van der Waals surface area contributed by atoms with E-state index in [2.05, 4.69) is 24.0 Å². The summed E-state index contributed by atoms with van der Waals surface area (Å²) in [7, 11) is 1.65. The second-order valence-electron chi connectivity index (χ2n) is 7.92. The van der Waals surface area contributed by atoms with E-state index in [1.807, 2.05) is 40.9 Å². The van der Waals surface area contributed by atoms with E-state index in [9.17, 15) is 4.79 Å². The lowest BCUT2D eigenvalue weighted by atomic mass is 9.87. The van der Waals surface area contributed by atoms with Gasteiger partial charge in [0, 0.05) is 18.8 Å². The number of hydrogen-bond acceptors (Lipinski definition) is 6. The van der Waals surface area contributed by atoms with Crippen molar-refractivity contribution in [1.82, 2.24) is 19.8 Å². The number of hydrogen-bond donors (Lipinski definition) is 0. The van der Waals surface area contributed by atoms with Crippen molar-refractivity contribution in [3.8, 4) is 16.9 Å². The normalized spacial score (nSPS) is 16.3. The Bertz CT molecular complexity index is 1220. The van der Waals surface area contributed by atoms with Crippen LogP contribution in [0.5, 0.6) is 5.75 Å². The largest absolute Gasteiger partial charge is 0.497 e. The van der Waals surface area contributed by atoms with E-state index in [-0.39, 0.29) is 17.6 Å². The molecule has 7 heteroatoms. The van der Waals surface area contributed by atoms with Crippen LogP contribution in [0.3, 0.4) is 0 Å². The third-order valence-corrected chi connectivity index (χ3v) is 5.67. The quantitative estimate of drug-likeness (QED) is 0.502. The van der Waals surface area contributed by atoms with E-state index in [4.69, 9.17) is 14.3 Å². The van der Waals surface area contributed by atoms with Crippen LogP contribution in [0, 0.1) is 0 Å². The summed E-state index contributed by atoms with van der Waals surface area (Å²) in [5, 5.41) is 13.6. The molecule has 3 heterocycles. The van der Waals surface area contributed by atoms with Gasteiger partial charge in [0.15, 0.2) is 17.1 Å². The van der Waals surface area contributed by atoms with Crippen LogP contribution in [0.1, 0.15) is 59.7 Å². The summed E-state index contributed by atoms with van der Waals surface area (Å²) in [5.41, 5.74) is 4.72. The SMILES string of the molecule is COc1ccc(-c2c(C(C)C)nn3c4c(nnc23)C(=O)C[C@@H](c2ccco2)C4)cc1. The van der Waals surface area contributed by atoms with Gasteiger partial charge in [-0.1, -0.05) is 26.0 Å². The van der Waals surface area contributed by atoms with Gasteiger partial charge in [-0.3, -0.25) is 4.79 Å². The molecule has 1 atom stereocenters. The number of aromatic nitrogens is 4. The van der Waals surface area contributed by atoms with Crippen LogP contribution in [0.2, 0.25) is 0 Å². The minimum atomic E-state index is -0.0281. The number of ether oxygens (including phenoxy) is 1. The molecule has 1 aromatic carbocycles. The fourth-order valence-corrected chi connectivity index (χ4v) is 4.15. The molecule has 1 aliphatic carbocycles. The van der Waals surface area contributed by atoms with Gasteiger partial charge in [-0.05, 0) is 35.7 Å². The smallest absolute Gasteiger partial charge is 0.185 e. The van der Waals surface area contributed by atoms with Crippen molar-refractivity contribution in [3.05, 3.63) is 65.5 Å². The number of ketones is 1. The first-order valence-corrected chi connectivity index (χ1v) is 10.1. The maximum absolute atomic E-state index is 12.8. The Morgan fingerprint density at radius 2 is 1.93 bits per heavy atom. The molecule has 0 bridgehead atoms. The molecule has 0 fully saturated rings. The number of furan rings is 1. The zero-order valence-electron chi connectivity index (χ0n) is 17.1. The van der Waals surface area contributed by atoms with Gasteiger partial charge >= 0.3 is 0 Å². The van der Waals surface area contributed by atoms with Gasteiger partial charge in [-0.2, -0.15) is 5.10 Å². The molecular weight excluding hydrogens is 380 g/mol. The Morgan fingerprint density at radius 3 is 2.60 bits per heavy atom. The molecule has 0 radical (unpaired) electrons. The molecule has 4 aromatic rings. The summed E-state index contributed by atoms with van der Waals surface area (Å²) in [6.07, 6.45) is 2.63. The van der Waals surface area contributed by atoms with E-state index in [1.54, 1.807) is 13.4 Å². The molecule has 30 heavy (non-hydrogen) atoms. The van der Waals surface area contributed by atoms with Gasteiger partial charge in [-0.25, -0.2) is 4.52 Å². The summed E-state index contributed by atoms with van der Waals surface area (Å²) in [6, 6.07) is 11.6. The van der Waals surface area contributed by atoms with Gasteiger partial charge in [0.25, 0.3) is 0 Å². The zero-order chi connectivity index (χ0) is 20.8. The van der Waals surface area contributed by atoms with Gasteiger partial charge < -0.3 is 9.15 Å². The Balaban J connectivity index is 1.70. The molecule has 0 unspecified atom stereocenters. The highest BCUT2D eigenvalue weighted by Gasteiger charge is 2.33. The maximum atomic E-state index is 12.8. The van der Waals surface area contributed by atoms with Crippen molar-refractivity contribution in [3.63, 3.8) is 0 Å². The van der Waals surface area contributed by atoms with Crippen molar-refractivity contribution in [2.45, 2.75) is 38.5 Å². The number of rotatable bonds is 4. The summed E-state index contributed by atoms with van der Waals surface area (Å²) < 4.78 is 12.7. The van der Waals surface area contributed by atoms with Crippen LogP contribution < -0.4 is 4.74 Å². The van der Waals surface area contributed by atoms with E-state index in [0.717, 1.165) is 34.0 Å². The first-order chi connectivity index (χ1) is 14.6. The molecule has 0 aliphatic heterocycles. The fraction of sp³-hybridized carbons (Fsp3) is 0.304. The third-order valence-electron chi connectivity index (χ3n) is 5.67. The summed E-state index contributed by atoms with van der Waals surface area (Å²) >= 11 is 0. The highest BCUT2D eigenvalue weighted by molar-refractivity contribution is 5.97. The van der Waals surface area contributed by atoms with E-state index in [0.29, 0.717) is 24.2 Å². The molecule has 7 nitrogen and oxygen atoms in total. The fourth-order valence-electron chi connectivity index (χ4n) is 4.15. The third kappa shape index (κ3) is 2.89. The number of methoxy groups -OCH3 is 1. The summed E-state index contributed by atoms with van der Waals surface area (Å²) in [6.45, 7) is 4.21. The second-order valence-corrected chi connectivity index (χ2v) is 7.92. The predicted molar refractivity (Wildman–Crippen MR) is 111 cm³/mol. The molecule has 0 N–H and O–H groups in total. The number of carbonyl (C=O) groups is 1. The van der Waals surface area contributed by atoms with Gasteiger partial charge in [0.2, 0.25) is 0 Å². The lowest BCUT2D eigenvalue weighted by Crippen LogP contribution is -2.24. The number of Topliss-reactive ketones (excluding diaryl/α,β-unsaturated/α-hetero) is 1. The average Bonchev–Trinajstić information content (AvgIpc) is 3.42. The zero-order valence-corrected chi connectivity index (χ0v) is 17.1. The van der Waals surface area contributed by atoms with E-state index >= 15 is 0 Å². The Kier molecular flexibility index (Phi) is 4.38. The first kappa shape index (κ1) is 18.5. The van der Waals surface area contributed by atoms with Gasteiger partial charge in [0.1, 0.15) is 11.5 Å². The standard InChI is InChI=1S/C23H22N4O3/c1-13(2)21-20(14-6-8-16(29-3)9-7-14)23-25-24-22-17(27(23)26-21)11-15(12-18(22)28)19-5-4-10-30-19/h4-10,13,15H,11-12H2,1-3H3/t15-/m0/s1. The van der Waals surface area contributed by atoms with Crippen LogP contribution >= 0.6 is 0 Å². The Labute approximate surface area is 173 Å². The number of nitrogens with zero attached hydrogens (tertiary/aromatic N) is 4. The molecular formula is C23H22N4O3. The second kappa shape index (κ2) is 7.09. The topological polar surface area (TPSA) is 82.5 Å². The van der Waals surface area contributed by atoms with Crippen LogP contribution in [-0.2, 0) is 6.42 Å². The van der Waals surface area contributed by atoms with Crippen LogP contribution in [0.25, 0.3) is 16.8 Å². The average molecular weight is 402 g/mol.